The van der Waals surface area contributed by atoms with Crippen LogP contribution in [0.3, 0.4) is 0 Å². The van der Waals surface area contributed by atoms with Gasteiger partial charge in [0.15, 0.2) is 0 Å². The average Bonchev–Trinajstić information content (AvgIpc) is 2.84. The van der Waals surface area contributed by atoms with Gasteiger partial charge in [0.1, 0.15) is 17.0 Å². The summed E-state index contributed by atoms with van der Waals surface area (Å²) >= 11 is 0. The zero-order valence-corrected chi connectivity index (χ0v) is 13.4. The van der Waals surface area contributed by atoms with E-state index in [1.807, 2.05) is 37.6 Å². The normalized spacial score (nSPS) is 11.3. The van der Waals surface area contributed by atoms with Crippen molar-refractivity contribution in [1.82, 2.24) is 14.3 Å². The lowest BCUT2D eigenvalue weighted by Gasteiger charge is -2.07. The van der Waals surface area contributed by atoms with E-state index >= 15 is 0 Å². The van der Waals surface area contributed by atoms with Gasteiger partial charge in [0.05, 0.1) is 30.8 Å². The first-order valence-corrected chi connectivity index (χ1v) is 7.15. The van der Waals surface area contributed by atoms with Gasteiger partial charge in [0.25, 0.3) is 5.56 Å². The molecule has 0 saturated heterocycles. The van der Waals surface area contributed by atoms with Crippen molar-refractivity contribution in [3.63, 3.8) is 0 Å². The summed E-state index contributed by atoms with van der Waals surface area (Å²) in [6.45, 7) is 4.36. The third-order valence-electron chi connectivity index (χ3n) is 4.06. The number of aromatic nitrogens is 3. The summed E-state index contributed by atoms with van der Waals surface area (Å²) in [4.78, 5) is 12.7. The number of rotatable bonds is 3. The Labute approximate surface area is 127 Å². The van der Waals surface area contributed by atoms with Crippen LogP contribution in [0.15, 0.2) is 16.9 Å². The molecule has 0 fully saturated rings. The summed E-state index contributed by atoms with van der Waals surface area (Å²) in [5.74, 6) is 1.37. The van der Waals surface area contributed by atoms with Crippen molar-refractivity contribution in [1.29, 1.82) is 0 Å². The molecule has 22 heavy (non-hydrogen) atoms. The molecule has 116 valence electrons. The Bertz CT molecular complexity index is 938. The van der Waals surface area contributed by atoms with Crippen molar-refractivity contribution in [3.8, 4) is 11.5 Å². The van der Waals surface area contributed by atoms with Gasteiger partial charge >= 0.3 is 0 Å². The zero-order chi connectivity index (χ0) is 16.0. The van der Waals surface area contributed by atoms with Crippen LogP contribution in [0, 0.1) is 6.92 Å². The molecule has 0 aliphatic heterocycles. The van der Waals surface area contributed by atoms with Crippen LogP contribution >= 0.6 is 0 Å². The van der Waals surface area contributed by atoms with Crippen LogP contribution in [0.2, 0.25) is 0 Å². The third-order valence-corrected chi connectivity index (χ3v) is 4.06. The monoisotopic (exact) mass is 301 g/mol. The fourth-order valence-corrected chi connectivity index (χ4v) is 2.99. The van der Waals surface area contributed by atoms with Crippen LogP contribution < -0.4 is 15.0 Å². The van der Waals surface area contributed by atoms with Crippen LogP contribution in [0.5, 0.6) is 11.5 Å². The second-order valence-electron chi connectivity index (χ2n) is 5.21. The maximum atomic E-state index is 12.7. The Morgan fingerprint density at radius 1 is 1.18 bits per heavy atom. The van der Waals surface area contributed by atoms with Gasteiger partial charge in [-0.25, -0.2) is 4.68 Å². The molecule has 0 aliphatic rings. The largest absolute Gasteiger partial charge is 0.497 e. The molecule has 0 saturated carbocycles. The number of benzene rings is 1. The highest BCUT2D eigenvalue weighted by Crippen LogP contribution is 2.38. The van der Waals surface area contributed by atoms with E-state index in [1.165, 1.54) is 4.68 Å². The SMILES string of the molecule is CCn1nc(C)c2c3c(OC)cc(OC)cc3n(C)c2c1=O. The molecule has 6 heteroatoms. The number of methoxy groups -OCH3 is 2. The van der Waals surface area contributed by atoms with E-state index in [1.54, 1.807) is 14.2 Å². The van der Waals surface area contributed by atoms with Crippen molar-refractivity contribution in [2.75, 3.05) is 14.2 Å². The summed E-state index contributed by atoms with van der Waals surface area (Å²) in [6, 6.07) is 3.74. The Hall–Kier alpha value is -2.50. The van der Waals surface area contributed by atoms with Crippen LogP contribution in [-0.4, -0.2) is 28.6 Å². The molecule has 3 rings (SSSR count). The van der Waals surface area contributed by atoms with E-state index in [4.69, 9.17) is 9.47 Å². The van der Waals surface area contributed by atoms with Crippen LogP contribution in [0.25, 0.3) is 21.8 Å². The van der Waals surface area contributed by atoms with Crippen molar-refractivity contribution < 1.29 is 9.47 Å². The molecular formula is C16H19N3O3. The molecule has 0 unspecified atom stereocenters. The van der Waals surface area contributed by atoms with E-state index < -0.39 is 0 Å². The van der Waals surface area contributed by atoms with Gasteiger partial charge in [-0.1, -0.05) is 0 Å². The summed E-state index contributed by atoms with van der Waals surface area (Å²) in [6.07, 6.45) is 0. The van der Waals surface area contributed by atoms with E-state index in [9.17, 15) is 4.79 Å². The third kappa shape index (κ3) is 1.80. The number of hydrogen-bond donors (Lipinski definition) is 0. The Kier molecular flexibility index (Phi) is 3.31. The summed E-state index contributed by atoms with van der Waals surface area (Å²) in [5, 5.41) is 6.14. The van der Waals surface area contributed by atoms with Gasteiger partial charge in [0, 0.05) is 31.1 Å². The number of nitrogens with zero attached hydrogens (tertiary/aromatic N) is 3. The zero-order valence-electron chi connectivity index (χ0n) is 13.4. The molecule has 0 spiro atoms. The van der Waals surface area contributed by atoms with Gasteiger partial charge < -0.3 is 14.0 Å². The first kappa shape index (κ1) is 14.4. The van der Waals surface area contributed by atoms with Gasteiger partial charge in [0.2, 0.25) is 0 Å². The minimum absolute atomic E-state index is 0.0946. The quantitative estimate of drug-likeness (QED) is 0.744. The predicted octanol–water partition coefficient (Wildman–Crippen LogP) is 2.23. The first-order valence-electron chi connectivity index (χ1n) is 7.15. The highest BCUT2D eigenvalue weighted by atomic mass is 16.5. The first-order chi connectivity index (χ1) is 10.5. The topological polar surface area (TPSA) is 58.3 Å². The Balaban J connectivity index is 2.63. The highest BCUT2D eigenvalue weighted by Gasteiger charge is 2.20. The number of fused-ring (bicyclic) bond motifs is 3. The molecular weight excluding hydrogens is 282 g/mol. The summed E-state index contributed by atoms with van der Waals surface area (Å²) < 4.78 is 14.2. The summed E-state index contributed by atoms with van der Waals surface area (Å²) in [5.41, 5.74) is 2.24. The van der Waals surface area contributed by atoms with Gasteiger partial charge in [-0.3, -0.25) is 4.79 Å². The van der Waals surface area contributed by atoms with Gasteiger partial charge in [-0.15, -0.1) is 0 Å². The van der Waals surface area contributed by atoms with Crippen molar-refractivity contribution in [2.45, 2.75) is 20.4 Å². The average molecular weight is 301 g/mol. The molecule has 3 aromatic rings. The second kappa shape index (κ2) is 5.05. The van der Waals surface area contributed by atoms with Gasteiger partial charge in [-0.2, -0.15) is 5.10 Å². The molecule has 0 radical (unpaired) electrons. The Morgan fingerprint density at radius 2 is 1.91 bits per heavy atom. The highest BCUT2D eigenvalue weighted by molar-refractivity contribution is 6.12. The van der Waals surface area contributed by atoms with Crippen LogP contribution in [0.4, 0.5) is 0 Å². The minimum Gasteiger partial charge on any atom is -0.497 e. The van der Waals surface area contributed by atoms with Crippen LogP contribution in [-0.2, 0) is 13.6 Å². The molecule has 0 N–H and O–H groups in total. The maximum Gasteiger partial charge on any atom is 0.291 e. The molecule has 2 aromatic heterocycles. The lowest BCUT2D eigenvalue weighted by Crippen LogP contribution is -2.24. The summed E-state index contributed by atoms with van der Waals surface area (Å²) in [7, 11) is 5.10. The molecule has 0 atom stereocenters. The molecule has 0 aliphatic carbocycles. The van der Waals surface area contributed by atoms with Crippen LogP contribution in [0.1, 0.15) is 12.6 Å². The molecule has 0 amide bonds. The smallest absolute Gasteiger partial charge is 0.291 e. The second-order valence-corrected chi connectivity index (χ2v) is 5.21. The molecule has 0 bridgehead atoms. The van der Waals surface area contributed by atoms with Crippen molar-refractivity contribution in [2.24, 2.45) is 7.05 Å². The van der Waals surface area contributed by atoms with E-state index in [2.05, 4.69) is 5.10 Å². The lowest BCUT2D eigenvalue weighted by molar-refractivity contribution is 0.398. The van der Waals surface area contributed by atoms with E-state index in [-0.39, 0.29) is 5.56 Å². The lowest BCUT2D eigenvalue weighted by atomic mass is 10.1. The number of hydrogen-bond acceptors (Lipinski definition) is 4. The van der Waals surface area contributed by atoms with E-state index in [0.717, 1.165) is 22.0 Å². The number of aryl methyl sites for hydroxylation is 3. The van der Waals surface area contributed by atoms with Gasteiger partial charge in [-0.05, 0) is 13.8 Å². The minimum atomic E-state index is -0.0946. The maximum absolute atomic E-state index is 12.7. The predicted molar refractivity (Wildman–Crippen MR) is 86.0 cm³/mol. The van der Waals surface area contributed by atoms with Crippen molar-refractivity contribution >= 4 is 21.8 Å². The number of ether oxygens (including phenoxy) is 2. The molecule has 1 aromatic carbocycles. The fourth-order valence-electron chi connectivity index (χ4n) is 2.99. The van der Waals surface area contributed by atoms with E-state index in [0.29, 0.717) is 23.6 Å². The van der Waals surface area contributed by atoms with Crippen molar-refractivity contribution in [3.05, 3.63) is 28.2 Å². The molecule has 2 heterocycles. The Morgan fingerprint density at radius 3 is 2.50 bits per heavy atom. The standard InChI is InChI=1S/C16H19N3O3/c1-6-19-16(20)15-13(9(2)17-19)14-11(18(15)3)7-10(21-4)8-12(14)22-5/h7-8H,6H2,1-5H3. The fraction of sp³-hybridized carbons (Fsp3) is 0.375. The molecule has 6 nitrogen and oxygen atoms in total.